The first-order chi connectivity index (χ1) is 8.63. The van der Waals surface area contributed by atoms with Gasteiger partial charge in [0.2, 0.25) is 0 Å². The third kappa shape index (κ3) is 3.96. The molecule has 0 amide bonds. The number of rotatable bonds is 5. The molecule has 18 heavy (non-hydrogen) atoms. The maximum Gasteiger partial charge on any atom is 0.158 e. The number of benzene rings is 1. The molecule has 1 N–H and O–H groups in total. The van der Waals surface area contributed by atoms with Crippen LogP contribution in [-0.4, -0.2) is 11.6 Å². The predicted molar refractivity (Wildman–Crippen MR) is 79.1 cm³/mol. The highest BCUT2D eigenvalue weighted by Crippen LogP contribution is 2.18. The molecule has 0 spiro atoms. The Morgan fingerprint density at radius 2 is 2.00 bits per heavy atom. The second-order valence-electron chi connectivity index (χ2n) is 4.67. The van der Waals surface area contributed by atoms with Crippen molar-refractivity contribution in [2.24, 2.45) is 5.92 Å². The maximum atomic E-state index is 5.66. The molecule has 0 bridgehead atoms. The second-order valence-corrected chi connectivity index (χ2v) is 6.47. The number of nitrogens with one attached hydrogen (secondary N) is 1. The average molecular weight is 279 g/mol. The van der Waals surface area contributed by atoms with Crippen molar-refractivity contribution in [2.45, 2.75) is 20.3 Å². The number of hydrogen-bond donors (Lipinski definition) is 1. The molecule has 0 atom stereocenters. The van der Waals surface area contributed by atoms with E-state index in [1.165, 1.54) is 10.4 Å². The van der Waals surface area contributed by atoms with Gasteiger partial charge in [-0.1, -0.05) is 26.0 Å². The second kappa shape index (κ2) is 6.16. The third-order valence-corrected chi connectivity index (χ3v) is 3.66. The molecule has 0 radical (unpaired) electrons. The van der Waals surface area contributed by atoms with Crippen molar-refractivity contribution in [3.8, 4) is 5.75 Å². The van der Waals surface area contributed by atoms with Crippen LogP contribution in [0.25, 0.3) is 0 Å². The van der Waals surface area contributed by atoms with E-state index in [0.717, 1.165) is 22.7 Å². The van der Waals surface area contributed by atoms with Crippen LogP contribution in [0.1, 0.15) is 24.3 Å². The summed E-state index contributed by atoms with van der Waals surface area (Å²) in [5, 5.41) is 0. The Morgan fingerprint density at radius 1 is 1.28 bits per heavy atom. The highest BCUT2D eigenvalue weighted by Gasteiger charge is 2.00. The molecule has 1 aromatic heterocycles. The number of hydrogen-bond acceptors (Lipinski definition) is 3. The minimum Gasteiger partial charge on any atom is -0.493 e. The lowest BCUT2D eigenvalue weighted by Crippen LogP contribution is -2.04. The van der Waals surface area contributed by atoms with Gasteiger partial charge in [0.15, 0.2) is 3.95 Å². The highest BCUT2D eigenvalue weighted by atomic mass is 32.1. The molecule has 1 heterocycles. The van der Waals surface area contributed by atoms with Crippen LogP contribution in [0.15, 0.2) is 30.5 Å². The molecule has 0 aliphatic carbocycles. The lowest BCUT2D eigenvalue weighted by molar-refractivity contribution is 0.271. The number of ether oxygens (including phenoxy) is 1. The fourth-order valence-corrected chi connectivity index (χ4v) is 2.66. The summed E-state index contributed by atoms with van der Waals surface area (Å²) in [6.07, 6.45) is 2.90. The molecule has 0 fully saturated rings. The van der Waals surface area contributed by atoms with E-state index < -0.39 is 0 Å². The molecule has 2 nitrogen and oxygen atoms in total. The summed E-state index contributed by atoms with van der Waals surface area (Å²) in [4.78, 5) is 4.30. The number of aromatic nitrogens is 1. The van der Waals surface area contributed by atoms with Crippen LogP contribution in [0, 0.1) is 9.87 Å². The minimum absolute atomic E-state index is 0.553. The van der Waals surface area contributed by atoms with Gasteiger partial charge in [0, 0.05) is 17.5 Å². The third-order valence-electron chi connectivity index (χ3n) is 2.46. The van der Waals surface area contributed by atoms with Gasteiger partial charge < -0.3 is 9.72 Å². The summed E-state index contributed by atoms with van der Waals surface area (Å²) in [5.41, 5.74) is 1.28. The van der Waals surface area contributed by atoms with Gasteiger partial charge in [-0.25, -0.2) is 0 Å². The molecule has 0 aliphatic rings. The van der Waals surface area contributed by atoms with E-state index in [9.17, 15) is 0 Å². The van der Waals surface area contributed by atoms with Crippen molar-refractivity contribution in [2.75, 3.05) is 6.61 Å². The Bertz CT molecular complexity index is 539. The first kappa shape index (κ1) is 13.3. The minimum atomic E-state index is 0.553. The zero-order valence-corrected chi connectivity index (χ0v) is 12.2. The lowest BCUT2D eigenvalue weighted by Gasteiger charge is -2.08. The fourth-order valence-electron chi connectivity index (χ4n) is 1.57. The van der Waals surface area contributed by atoms with Crippen LogP contribution in [0.2, 0.25) is 0 Å². The summed E-state index contributed by atoms with van der Waals surface area (Å²) < 4.78 is 6.49. The number of H-pyrrole nitrogens is 1. The first-order valence-electron chi connectivity index (χ1n) is 6.02. The fraction of sp³-hybridized carbons (Fsp3) is 0.357. The van der Waals surface area contributed by atoms with E-state index >= 15 is 0 Å². The Morgan fingerprint density at radius 3 is 2.56 bits per heavy atom. The Kier molecular flexibility index (Phi) is 4.55. The SMILES string of the molecule is CC(C)COc1ccc(Cc2c[nH]c(=S)s2)cc1. The van der Waals surface area contributed by atoms with Crippen LogP contribution in [0.3, 0.4) is 0 Å². The first-order valence-corrected chi connectivity index (χ1v) is 7.25. The molecule has 0 saturated carbocycles. The van der Waals surface area contributed by atoms with Crippen LogP contribution in [0.4, 0.5) is 0 Å². The van der Waals surface area contributed by atoms with E-state index in [-0.39, 0.29) is 0 Å². The van der Waals surface area contributed by atoms with Gasteiger partial charge >= 0.3 is 0 Å². The average Bonchev–Trinajstić information content (AvgIpc) is 2.74. The Labute approximate surface area is 117 Å². The Hall–Kier alpha value is -1.13. The topological polar surface area (TPSA) is 25.0 Å². The molecule has 2 rings (SSSR count). The summed E-state index contributed by atoms with van der Waals surface area (Å²) >= 11 is 6.70. The zero-order chi connectivity index (χ0) is 13.0. The summed E-state index contributed by atoms with van der Waals surface area (Å²) in [6, 6.07) is 8.28. The van der Waals surface area contributed by atoms with E-state index in [1.807, 2.05) is 18.3 Å². The van der Waals surface area contributed by atoms with Gasteiger partial charge in [0.25, 0.3) is 0 Å². The molecule has 96 valence electrons. The summed E-state index contributed by atoms with van der Waals surface area (Å²) in [6.45, 7) is 5.06. The van der Waals surface area contributed by atoms with Crippen molar-refractivity contribution in [3.63, 3.8) is 0 Å². The molecule has 0 saturated heterocycles. The van der Waals surface area contributed by atoms with E-state index in [4.69, 9.17) is 17.0 Å². The molecule has 4 heteroatoms. The van der Waals surface area contributed by atoms with Gasteiger partial charge in [-0.2, -0.15) is 0 Å². The lowest BCUT2D eigenvalue weighted by atomic mass is 10.1. The van der Waals surface area contributed by atoms with Crippen molar-refractivity contribution in [1.82, 2.24) is 4.98 Å². The quantitative estimate of drug-likeness (QED) is 0.819. The van der Waals surface area contributed by atoms with Crippen LogP contribution in [0.5, 0.6) is 5.75 Å². The van der Waals surface area contributed by atoms with Gasteiger partial charge in [0.05, 0.1) is 6.61 Å². The van der Waals surface area contributed by atoms with Crippen molar-refractivity contribution in [1.29, 1.82) is 0 Å². The normalized spacial score (nSPS) is 10.8. The summed E-state index contributed by atoms with van der Waals surface area (Å²) in [7, 11) is 0. The van der Waals surface area contributed by atoms with Gasteiger partial charge in [-0.3, -0.25) is 0 Å². The zero-order valence-electron chi connectivity index (χ0n) is 10.6. The molecule has 1 aromatic carbocycles. The number of thiazole rings is 1. The number of aromatic amines is 1. The molecule has 0 aliphatic heterocycles. The molecular weight excluding hydrogens is 262 g/mol. The monoisotopic (exact) mass is 279 g/mol. The van der Waals surface area contributed by atoms with Crippen molar-refractivity contribution >= 4 is 23.6 Å². The molecule has 2 aromatic rings. The van der Waals surface area contributed by atoms with Crippen LogP contribution < -0.4 is 4.74 Å². The van der Waals surface area contributed by atoms with Crippen molar-refractivity contribution < 1.29 is 4.74 Å². The molecule has 0 unspecified atom stereocenters. The van der Waals surface area contributed by atoms with Gasteiger partial charge in [-0.05, 0) is 35.8 Å². The highest BCUT2D eigenvalue weighted by molar-refractivity contribution is 7.73. The summed E-state index contributed by atoms with van der Waals surface area (Å²) in [5.74, 6) is 1.49. The smallest absolute Gasteiger partial charge is 0.158 e. The largest absolute Gasteiger partial charge is 0.493 e. The van der Waals surface area contributed by atoms with Gasteiger partial charge in [-0.15, -0.1) is 11.3 Å². The Balaban J connectivity index is 1.97. The predicted octanol–water partition coefficient (Wildman–Crippen LogP) is 4.43. The van der Waals surface area contributed by atoms with Crippen LogP contribution >= 0.6 is 23.6 Å². The molecular formula is C14H17NOS2. The van der Waals surface area contributed by atoms with E-state index in [2.05, 4.69) is 31.0 Å². The van der Waals surface area contributed by atoms with Gasteiger partial charge in [0.1, 0.15) is 5.75 Å². The van der Waals surface area contributed by atoms with E-state index in [0.29, 0.717) is 5.92 Å². The maximum absolute atomic E-state index is 5.66. The standard InChI is InChI=1S/C14H17NOS2/c1-10(2)9-16-12-5-3-11(4-6-12)7-13-8-15-14(17)18-13/h3-6,8,10H,7,9H2,1-2H3,(H,15,17). The van der Waals surface area contributed by atoms with Crippen molar-refractivity contribution in [3.05, 3.63) is 44.9 Å². The van der Waals surface area contributed by atoms with E-state index in [1.54, 1.807) is 11.3 Å². The van der Waals surface area contributed by atoms with Crippen LogP contribution in [-0.2, 0) is 6.42 Å².